The molecule has 2 N–H and O–H groups in total. The molecule has 0 fully saturated rings. The molecule has 6 heteroatoms. The SMILES string of the molecule is CC1=C(C(=O)Nc2cccc(F)c2)[C@@H](c2cccnc2)C2=C(CC(C)(C)CC2=O)N1. The minimum atomic E-state index is -0.521. The van der Waals surface area contributed by atoms with E-state index in [2.05, 4.69) is 29.5 Å². The van der Waals surface area contributed by atoms with E-state index in [4.69, 9.17) is 0 Å². The molecular formula is C24H24FN3O2. The largest absolute Gasteiger partial charge is 0.362 e. The highest BCUT2D eigenvalue weighted by molar-refractivity contribution is 6.09. The van der Waals surface area contributed by atoms with E-state index in [9.17, 15) is 14.0 Å². The second kappa shape index (κ2) is 7.52. The highest BCUT2D eigenvalue weighted by Gasteiger charge is 2.42. The van der Waals surface area contributed by atoms with Crippen LogP contribution < -0.4 is 10.6 Å². The second-order valence-corrected chi connectivity index (χ2v) is 8.68. The normalized spacial score (nSPS) is 20.5. The maximum atomic E-state index is 13.6. The number of dihydropyridines is 1. The van der Waals surface area contributed by atoms with Gasteiger partial charge in [-0.15, -0.1) is 0 Å². The Balaban J connectivity index is 1.79. The Bertz CT molecular complexity index is 1090. The Labute approximate surface area is 175 Å². The molecule has 2 aliphatic rings. The summed E-state index contributed by atoms with van der Waals surface area (Å²) in [5.74, 6) is -1.29. The van der Waals surface area contributed by atoms with E-state index in [-0.39, 0.29) is 17.1 Å². The third kappa shape index (κ3) is 3.77. The molecule has 0 saturated carbocycles. The number of pyridine rings is 1. The van der Waals surface area contributed by atoms with Crippen molar-refractivity contribution in [3.63, 3.8) is 0 Å². The standard InChI is InChI=1S/C24H24FN3O2/c1-14-20(23(30)28-17-8-4-7-16(25)10-17)21(15-6-5-9-26-13-15)22-18(27-14)11-24(2,3)12-19(22)29/h4-10,13,21,27H,11-12H2,1-3H3,(H,28,30)/t21-/m1/s1. The maximum Gasteiger partial charge on any atom is 0.254 e. The van der Waals surface area contributed by atoms with Gasteiger partial charge < -0.3 is 10.6 Å². The van der Waals surface area contributed by atoms with E-state index in [1.165, 1.54) is 18.2 Å². The number of anilines is 1. The summed E-state index contributed by atoms with van der Waals surface area (Å²) in [5.41, 5.74) is 3.61. The molecule has 30 heavy (non-hydrogen) atoms. The highest BCUT2D eigenvalue weighted by atomic mass is 19.1. The molecule has 0 bridgehead atoms. The van der Waals surface area contributed by atoms with Gasteiger partial charge in [-0.1, -0.05) is 26.0 Å². The van der Waals surface area contributed by atoms with Gasteiger partial charge in [0, 0.05) is 53.0 Å². The van der Waals surface area contributed by atoms with E-state index in [0.29, 0.717) is 29.0 Å². The molecule has 1 aliphatic carbocycles. The first kappa shape index (κ1) is 20.0. The van der Waals surface area contributed by atoms with Gasteiger partial charge in [-0.2, -0.15) is 0 Å². The first-order valence-corrected chi connectivity index (χ1v) is 9.96. The number of carbonyl (C=O) groups excluding carboxylic acids is 2. The molecule has 1 aromatic carbocycles. The van der Waals surface area contributed by atoms with E-state index in [1.54, 1.807) is 24.5 Å². The van der Waals surface area contributed by atoms with Crippen molar-refractivity contribution in [1.82, 2.24) is 10.3 Å². The van der Waals surface area contributed by atoms with Crippen molar-refractivity contribution in [2.45, 2.75) is 39.5 Å². The van der Waals surface area contributed by atoms with Crippen molar-refractivity contribution in [2.24, 2.45) is 5.41 Å². The molecule has 1 aromatic heterocycles. The van der Waals surface area contributed by atoms with Crippen LogP contribution in [-0.2, 0) is 9.59 Å². The summed E-state index contributed by atoms with van der Waals surface area (Å²) in [6.45, 7) is 5.97. The Kier molecular flexibility index (Phi) is 5.02. The molecule has 2 heterocycles. The van der Waals surface area contributed by atoms with Crippen LogP contribution in [0.3, 0.4) is 0 Å². The number of nitrogens with one attached hydrogen (secondary N) is 2. The predicted octanol–water partition coefficient (Wildman–Crippen LogP) is 4.46. The molecule has 0 radical (unpaired) electrons. The van der Waals surface area contributed by atoms with Crippen molar-refractivity contribution in [3.8, 4) is 0 Å². The van der Waals surface area contributed by atoms with Crippen LogP contribution in [0.1, 0.15) is 45.1 Å². The lowest BCUT2D eigenvalue weighted by atomic mass is 9.68. The van der Waals surface area contributed by atoms with Gasteiger partial charge in [0.25, 0.3) is 5.91 Å². The monoisotopic (exact) mass is 405 g/mol. The number of hydrogen-bond acceptors (Lipinski definition) is 4. The Morgan fingerprint density at radius 3 is 2.73 bits per heavy atom. The number of nitrogens with zero attached hydrogens (tertiary/aromatic N) is 1. The summed E-state index contributed by atoms with van der Waals surface area (Å²) >= 11 is 0. The minimum absolute atomic E-state index is 0.0335. The number of Topliss-reactive ketones (excluding diaryl/α,β-unsaturated/α-hetero) is 1. The first-order chi connectivity index (χ1) is 14.2. The Morgan fingerprint density at radius 2 is 2.03 bits per heavy atom. The summed E-state index contributed by atoms with van der Waals surface area (Å²) in [5, 5.41) is 6.09. The van der Waals surface area contributed by atoms with Crippen LogP contribution in [0.5, 0.6) is 0 Å². The summed E-state index contributed by atoms with van der Waals surface area (Å²) in [7, 11) is 0. The van der Waals surface area contributed by atoms with Crippen LogP contribution >= 0.6 is 0 Å². The van der Waals surface area contributed by atoms with Crippen LogP contribution in [0.25, 0.3) is 0 Å². The zero-order valence-electron chi connectivity index (χ0n) is 17.3. The van der Waals surface area contributed by atoms with Gasteiger partial charge in [-0.05, 0) is 48.6 Å². The zero-order valence-corrected chi connectivity index (χ0v) is 17.3. The van der Waals surface area contributed by atoms with Crippen LogP contribution in [0, 0.1) is 11.2 Å². The molecule has 0 spiro atoms. The van der Waals surface area contributed by atoms with Crippen LogP contribution in [0.2, 0.25) is 0 Å². The summed E-state index contributed by atoms with van der Waals surface area (Å²) in [4.78, 5) is 30.7. The van der Waals surface area contributed by atoms with Gasteiger partial charge in [0.2, 0.25) is 0 Å². The molecular weight excluding hydrogens is 381 g/mol. The van der Waals surface area contributed by atoms with Gasteiger partial charge in [-0.3, -0.25) is 14.6 Å². The fourth-order valence-corrected chi connectivity index (χ4v) is 4.38. The highest BCUT2D eigenvalue weighted by Crippen LogP contribution is 2.46. The molecule has 1 amide bonds. The Hall–Kier alpha value is -3.28. The molecule has 4 rings (SSSR count). The van der Waals surface area contributed by atoms with Gasteiger partial charge in [0.1, 0.15) is 5.82 Å². The van der Waals surface area contributed by atoms with Crippen molar-refractivity contribution in [2.75, 3.05) is 5.32 Å². The molecule has 5 nitrogen and oxygen atoms in total. The van der Waals surface area contributed by atoms with Crippen molar-refractivity contribution in [3.05, 3.63) is 82.7 Å². The molecule has 1 aliphatic heterocycles. The average Bonchev–Trinajstić information content (AvgIpc) is 2.66. The van der Waals surface area contributed by atoms with Crippen molar-refractivity contribution in [1.29, 1.82) is 0 Å². The number of halogens is 1. The van der Waals surface area contributed by atoms with E-state index < -0.39 is 11.7 Å². The number of amides is 1. The van der Waals surface area contributed by atoms with Gasteiger partial charge in [-0.25, -0.2) is 4.39 Å². The van der Waals surface area contributed by atoms with E-state index in [0.717, 1.165) is 17.7 Å². The van der Waals surface area contributed by atoms with Gasteiger partial charge >= 0.3 is 0 Å². The molecule has 2 aromatic rings. The number of hydrogen-bond donors (Lipinski definition) is 2. The minimum Gasteiger partial charge on any atom is -0.362 e. The molecule has 0 saturated heterocycles. The van der Waals surface area contributed by atoms with Gasteiger partial charge in [0.15, 0.2) is 5.78 Å². The zero-order chi connectivity index (χ0) is 21.5. The lowest BCUT2D eigenvalue weighted by Crippen LogP contribution is -2.39. The number of aromatic nitrogens is 1. The lowest BCUT2D eigenvalue weighted by molar-refractivity contribution is -0.118. The fraction of sp³-hybridized carbons (Fsp3) is 0.292. The van der Waals surface area contributed by atoms with Crippen molar-refractivity contribution < 1.29 is 14.0 Å². The third-order valence-electron chi connectivity index (χ3n) is 5.58. The molecule has 154 valence electrons. The van der Waals surface area contributed by atoms with Crippen molar-refractivity contribution >= 4 is 17.4 Å². The lowest BCUT2D eigenvalue weighted by Gasteiger charge is -2.39. The number of carbonyl (C=O) groups is 2. The third-order valence-corrected chi connectivity index (χ3v) is 5.58. The van der Waals surface area contributed by atoms with Crippen LogP contribution in [-0.4, -0.2) is 16.7 Å². The number of allylic oxidation sites excluding steroid dienone is 3. The quantitative estimate of drug-likeness (QED) is 0.791. The second-order valence-electron chi connectivity index (χ2n) is 8.68. The van der Waals surface area contributed by atoms with E-state index in [1.807, 2.05) is 13.0 Å². The Morgan fingerprint density at radius 1 is 1.23 bits per heavy atom. The van der Waals surface area contributed by atoms with Gasteiger partial charge in [0.05, 0.1) is 0 Å². The topological polar surface area (TPSA) is 71.1 Å². The number of rotatable bonds is 3. The summed E-state index contributed by atoms with van der Waals surface area (Å²) in [6.07, 6.45) is 4.49. The maximum absolute atomic E-state index is 13.6. The summed E-state index contributed by atoms with van der Waals surface area (Å²) < 4.78 is 13.6. The average molecular weight is 405 g/mol. The predicted molar refractivity (Wildman–Crippen MR) is 113 cm³/mol. The van der Waals surface area contributed by atoms with Crippen LogP contribution in [0.15, 0.2) is 71.3 Å². The first-order valence-electron chi connectivity index (χ1n) is 9.96. The molecule has 0 unspecified atom stereocenters. The number of benzene rings is 1. The summed E-state index contributed by atoms with van der Waals surface area (Å²) in [6, 6.07) is 9.43. The van der Waals surface area contributed by atoms with E-state index >= 15 is 0 Å². The molecule has 1 atom stereocenters. The smallest absolute Gasteiger partial charge is 0.254 e. The number of ketones is 1. The fourth-order valence-electron chi connectivity index (χ4n) is 4.38. The van der Waals surface area contributed by atoms with Crippen LogP contribution in [0.4, 0.5) is 10.1 Å².